The van der Waals surface area contributed by atoms with E-state index in [1.54, 1.807) is 0 Å². The summed E-state index contributed by atoms with van der Waals surface area (Å²) in [6, 6.07) is 6.25. The second-order valence-electron chi connectivity index (χ2n) is 6.98. The lowest BCUT2D eigenvalue weighted by molar-refractivity contribution is 0.250. The van der Waals surface area contributed by atoms with E-state index in [4.69, 9.17) is 18.9 Å². The van der Waals surface area contributed by atoms with Gasteiger partial charge in [-0.3, -0.25) is 0 Å². The second kappa shape index (κ2) is 8.72. The van der Waals surface area contributed by atoms with E-state index in [1.165, 1.54) is 37.7 Å². The Morgan fingerprint density at radius 3 is 2.42 bits per heavy atom. The van der Waals surface area contributed by atoms with Crippen molar-refractivity contribution in [1.82, 2.24) is 0 Å². The molecule has 2 heterocycles. The van der Waals surface area contributed by atoms with Crippen LogP contribution in [0.4, 0.5) is 0 Å². The molecule has 3 atom stereocenters. The molecule has 1 aromatic rings. The van der Waals surface area contributed by atoms with Crippen molar-refractivity contribution in [1.29, 1.82) is 0 Å². The molecule has 0 spiro atoms. The number of ether oxygens (including phenoxy) is 4. The van der Waals surface area contributed by atoms with Crippen molar-refractivity contribution in [2.45, 2.75) is 64.1 Å². The highest BCUT2D eigenvalue weighted by atomic mass is 16.6. The van der Waals surface area contributed by atoms with Crippen LogP contribution in [0.3, 0.4) is 0 Å². The zero-order valence-corrected chi connectivity index (χ0v) is 15.0. The first-order chi connectivity index (χ1) is 11.8. The summed E-state index contributed by atoms with van der Waals surface area (Å²) in [4.78, 5) is 0. The third kappa shape index (κ3) is 5.67. The number of hydrogen-bond acceptors (Lipinski definition) is 4. The Kier molecular flexibility index (Phi) is 6.38. The number of epoxide rings is 2. The fourth-order valence-corrected chi connectivity index (χ4v) is 2.87. The van der Waals surface area contributed by atoms with Gasteiger partial charge in [0.15, 0.2) is 0 Å². The Balaban J connectivity index is 1.60. The van der Waals surface area contributed by atoms with Gasteiger partial charge < -0.3 is 18.9 Å². The third-order valence-corrected chi connectivity index (χ3v) is 4.67. The van der Waals surface area contributed by atoms with Crippen LogP contribution in [0.25, 0.3) is 0 Å². The van der Waals surface area contributed by atoms with E-state index in [2.05, 4.69) is 26.0 Å². The molecule has 2 saturated heterocycles. The molecule has 0 amide bonds. The van der Waals surface area contributed by atoms with Crippen molar-refractivity contribution in [2.24, 2.45) is 0 Å². The lowest BCUT2D eigenvalue weighted by atomic mass is 9.94. The van der Waals surface area contributed by atoms with E-state index < -0.39 is 0 Å². The Hall–Kier alpha value is -1.26. The average Bonchev–Trinajstić information content (AvgIpc) is 3.48. The van der Waals surface area contributed by atoms with Crippen LogP contribution in [0.1, 0.15) is 57.4 Å². The van der Waals surface area contributed by atoms with Crippen molar-refractivity contribution in [3.8, 4) is 11.5 Å². The first-order valence-electron chi connectivity index (χ1n) is 9.39. The molecule has 3 rings (SSSR count). The highest BCUT2D eigenvalue weighted by Gasteiger charge is 2.25. The van der Waals surface area contributed by atoms with Crippen molar-refractivity contribution < 1.29 is 18.9 Å². The van der Waals surface area contributed by atoms with Crippen LogP contribution >= 0.6 is 0 Å². The van der Waals surface area contributed by atoms with E-state index in [9.17, 15) is 0 Å². The Labute approximate surface area is 145 Å². The molecule has 134 valence electrons. The van der Waals surface area contributed by atoms with Gasteiger partial charge in [-0.25, -0.2) is 0 Å². The van der Waals surface area contributed by atoms with Crippen LogP contribution in [0, 0.1) is 0 Å². The lowest BCUT2D eigenvalue weighted by Gasteiger charge is -2.18. The van der Waals surface area contributed by atoms with Crippen LogP contribution in [0.15, 0.2) is 18.2 Å². The van der Waals surface area contributed by atoms with Gasteiger partial charge in [-0.15, -0.1) is 0 Å². The maximum absolute atomic E-state index is 6.04. The van der Waals surface area contributed by atoms with E-state index in [0.717, 1.165) is 24.7 Å². The zero-order valence-electron chi connectivity index (χ0n) is 15.0. The molecule has 4 nitrogen and oxygen atoms in total. The van der Waals surface area contributed by atoms with Gasteiger partial charge in [0.05, 0.1) is 13.2 Å². The van der Waals surface area contributed by atoms with Crippen molar-refractivity contribution in [3.63, 3.8) is 0 Å². The second-order valence-corrected chi connectivity index (χ2v) is 6.98. The summed E-state index contributed by atoms with van der Waals surface area (Å²) in [5.74, 6) is 2.31. The SMILES string of the molecule is CCCCCCC(C)c1ccc(OCC2CO2)cc1OCC1CO1. The predicted molar refractivity (Wildman–Crippen MR) is 94.1 cm³/mol. The number of hydrogen-bond donors (Lipinski definition) is 0. The number of unbranched alkanes of at least 4 members (excludes halogenated alkanes) is 3. The van der Waals surface area contributed by atoms with Crippen molar-refractivity contribution in [3.05, 3.63) is 23.8 Å². The summed E-state index contributed by atoms with van der Waals surface area (Å²) < 4.78 is 22.3. The molecule has 3 unspecified atom stereocenters. The molecule has 2 aliphatic heterocycles. The highest BCUT2D eigenvalue weighted by Crippen LogP contribution is 2.34. The number of rotatable bonds is 12. The van der Waals surface area contributed by atoms with E-state index in [-0.39, 0.29) is 12.2 Å². The van der Waals surface area contributed by atoms with Crippen LogP contribution < -0.4 is 9.47 Å². The predicted octanol–water partition coefficient (Wildman–Crippen LogP) is 4.32. The van der Waals surface area contributed by atoms with Crippen molar-refractivity contribution in [2.75, 3.05) is 26.4 Å². The van der Waals surface area contributed by atoms with Gasteiger partial charge in [0, 0.05) is 6.07 Å². The van der Waals surface area contributed by atoms with Gasteiger partial charge in [0.2, 0.25) is 0 Å². The van der Waals surface area contributed by atoms with Gasteiger partial charge in [0.25, 0.3) is 0 Å². The fraction of sp³-hybridized carbons (Fsp3) is 0.700. The molecular formula is C20H30O4. The molecule has 0 aliphatic carbocycles. The summed E-state index contributed by atoms with van der Waals surface area (Å²) in [6.45, 7) is 7.43. The Bertz CT molecular complexity index is 508. The Morgan fingerprint density at radius 1 is 1.04 bits per heavy atom. The number of benzene rings is 1. The minimum absolute atomic E-state index is 0.266. The molecule has 0 N–H and O–H groups in total. The minimum atomic E-state index is 0.266. The quantitative estimate of drug-likeness (QED) is 0.422. The first kappa shape index (κ1) is 17.6. The normalized spacial score (nSPS) is 22.9. The summed E-state index contributed by atoms with van der Waals surface area (Å²) in [7, 11) is 0. The van der Waals surface area contributed by atoms with E-state index in [1.807, 2.05) is 6.07 Å². The van der Waals surface area contributed by atoms with Crippen LogP contribution in [-0.2, 0) is 9.47 Å². The van der Waals surface area contributed by atoms with Crippen LogP contribution in [0.2, 0.25) is 0 Å². The zero-order chi connectivity index (χ0) is 16.8. The molecule has 0 saturated carbocycles. The summed E-state index contributed by atoms with van der Waals surface area (Å²) >= 11 is 0. The Morgan fingerprint density at radius 2 is 1.75 bits per heavy atom. The summed E-state index contributed by atoms with van der Waals surface area (Å²) in [6.07, 6.45) is 6.93. The third-order valence-electron chi connectivity index (χ3n) is 4.67. The van der Waals surface area contributed by atoms with Gasteiger partial charge >= 0.3 is 0 Å². The molecule has 2 fully saturated rings. The highest BCUT2D eigenvalue weighted by molar-refractivity contribution is 5.42. The standard InChI is InChI=1S/C20H30O4/c1-3-4-5-6-7-15(2)19-9-8-16(21-11-17-12-22-17)10-20(19)24-14-18-13-23-18/h8-10,15,17-18H,3-7,11-14H2,1-2H3. The monoisotopic (exact) mass is 334 g/mol. The lowest BCUT2D eigenvalue weighted by Crippen LogP contribution is -2.09. The molecule has 2 aliphatic rings. The van der Waals surface area contributed by atoms with Crippen LogP contribution in [0.5, 0.6) is 11.5 Å². The molecular weight excluding hydrogens is 304 g/mol. The maximum atomic E-state index is 6.04. The van der Waals surface area contributed by atoms with Gasteiger partial charge in [-0.05, 0) is 24.0 Å². The smallest absolute Gasteiger partial charge is 0.126 e. The van der Waals surface area contributed by atoms with E-state index in [0.29, 0.717) is 19.1 Å². The molecule has 24 heavy (non-hydrogen) atoms. The molecule has 4 heteroatoms. The maximum Gasteiger partial charge on any atom is 0.126 e. The van der Waals surface area contributed by atoms with Crippen LogP contribution in [-0.4, -0.2) is 38.6 Å². The largest absolute Gasteiger partial charge is 0.491 e. The summed E-state index contributed by atoms with van der Waals surface area (Å²) in [5.41, 5.74) is 1.28. The topological polar surface area (TPSA) is 43.5 Å². The van der Waals surface area contributed by atoms with Gasteiger partial charge in [0.1, 0.15) is 36.9 Å². The summed E-state index contributed by atoms with van der Waals surface area (Å²) in [5, 5.41) is 0. The van der Waals surface area contributed by atoms with E-state index >= 15 is 0 Å². The molecule has 0 radical (unpaired) electrons. The fourth-order valence-electron chi connectivity index (χ4n) is 2.87. The minimum Gasteiger partial charge on any atom is -0.491 e. The van der Waals surface area contributed by atoms with Crippen molar-refractivity contribution >= 4 is 0 Å². The van der Waals surface area contributed by atoms with Gasteiger partial charge in [-0.1, -0.05) is 45.6 Å². The van der Waals surface area contributed by atoms with Gasteiger partial charge in [-0.2, -0.15) is 0 Å². The first-order valence-corrected chi connectivity index (χ1v) is 9.39. The average molecular weight is 334 g/mol. The molecule has 0 bridgehead atoms. The molecule has 1 aromatic carbocycles. The molecule has 0 aromatic heterocycles.